The second kappa shape index (κ2) is 5.41. The Kier molecular flexibility index (Phi) is 3.96. The van der Waals surface area contributed by atoms with Crippen LogP contribution in [-0.2, 0) is 4.79 Å². The summed E-state index contributed by atoms with van der Waals surface area (Å²) in [7, 11) is 0. The van der Waals surface area contributed by atoms with Crippen molar-refractivity contribution in [3.8, 4) is 0 Å². The van der Waals surface area contributed by atoms with Crippen molar-refractivity contribution in [2.24, 2.45) is 0 Å². The number of ketones is 1. The van der Waals surface area contributed by atoms with Crippen molar-refractivity contribution in [2.75, 3.05) is 18.0 Å². The molecule has 0 aliphatic carbocycles. The Hall–Kier alpha value is -2.01. The highest BCUT2D eigenvalue weighted by Crippen LogP contribution is 2.29. The number of nitrogens with zero attached hydrogens (tertiary/aromatic N) is 1. The average Bonchev–Trinajstić information content (AvgIpc) is 2.61. The Bertz CT molecular complexity index is 617. The quantitative estimate of drug-likeness (QED) is 0.684. The van der Waals surface area contributed by atoms with Crippen molar-refractivity contribution in [3.63, 3.8) is 0 Å². The predicted octanol–water partition coefficient (Wildman–Crippen LogP) is 2.30. The maximum Gasteiger partial charge on any atom is 0.299 e. The van der Waals surface area contributed by atoms with Gasteiger partial charge in [0.25, 0.3) is 11.7 Å². The second-order valence-corrected chi connectivity index (χ2v) is 6.24. The van der Waals surface area contributed by atoms with Crippen molar-refractivity contribution >= 4 is 17.4 Å². The van der Waals surface area contributed by atoms with Gasteiger partial charge in [0.1, 0.15) is 5.82 Å². The van der Waals surface area contributed by atoms with Crippen LogP contribution in [0.5, 0.6) is 0 Å². The zero-order chi connectivity index (χ0) is 15.8. The van der Waals surface area contributed by atoms with Crippen LogP contribution in [0.2, 0.25) is 0 Å². The lowest BCUT2D eigenvalue weighted by atomic mass is 10.1. The lowest BCUT2D eigenvalue weighted by Gasteiger charge is -2.23. The molecule has 0 saturated heterocycles. The van der Waals surface area contributed by atoms with Gasteiger partial charge in [0, 0.05) is 18.6 Å². The number of hydrogen-bond donors (Lipinski definition) is 1. The maximum absolute atomic E-state index is 13.2. The van der Waals surface area contributed by atoms with Crippen LogP contribution in [-0.4, -0.2) is 30.3 Å². The number of carbonyl (C=O) groups excluding carboxylic acids is 2. The number of halogens is 1. The van der Waals surface area contributed by atoms with E-state index in [1.807, 2.05) is 20.8 Å². The largest absolute Gasteiger partial charge is 0.308 e. The fraction of sp³-hybridized carbons (Fsp3) is 0.375. The summed E-state index contributed by atoms with van der Waals surface area (Å²) in [5.74, 6) is -1.82. The van der Waals surface area contributed by atoms with Gasteiger partial charge in [-0.3, -0.25) is 9.59 Å². The Morgan fingerprint density at radius 3 is 2.62 bits per heavy atom. The minimum absolute atomic E-state index is 0.0607. The molecular formula is C16H19FN2O2. The molecule has 0 bridgehead atoms. The molecule has 1 aliphatic rings. The summed E-state index contributed by atoms with van der Waals surface area (Å²) in [5.41, 5.74) is 1.29. The first-order valence-electron chi connectivity index (χ1n) is 6.76. The zero-order valence-corrected chi connectivity index (χ0v) is 12.5. The average molecular weight is 290 g/mol. The summed E-state index contributed by atoms with van der Waals surface area (Å²) in [4.78, 5) is 25.2. The predicted molar refractivity (Wildman–Crippen MR) is 80.0 cm³/mol. The topological polar surface area (TPSA) is 49.4 Å². The van der Waals surface area contributed by atoms with Crippen molar-refractivity contribution < 1.29 is 14.0 Å². The van der Waals surface area contributed by atoms with Crippen molar-refractivity contribution in [2.45, 2.75) is 26.3 Å². The third-order valence-corrected chi connectivity index (χ3v) is 3.18. The van der Waals surface area contributed by atoms with Crippen LogP contribution in [0.4, 0.5) is 10.1 Å². The smallest absolute Gasteiger partial charge is 0.299 e. The van der Waals surface area contributed by atoms with E-state index in [9.17, 15) is 14.0 Å². The monoisotopic (exact) mass is 290 g/mol. The van der Waals surface area contributed by atoms with Gasteiger partial charge in [0.15, 0.2) is 0 Å². The van der Waals surface area contributed by atoms with E-state index in [4.69, 9.17) is 0 Å². The summed E-state index contributed by atoms with van der Waals surface area (Å²) >= 11 is 0. The highest BCUT2D eigenvalue weighted by molar-refractivity contribution is 6.52. The Labute approximate surface area is 123 Å². The Morgan fingerprint density at radius 1 is 1.33 bits per heavy atom. The number of Topliss-reactive ketones (excluding diaryl/α,β-unsaturated/α-hetero) is 1. The van der Waals surface area contributed by atoms with E-state index in [0.717, 1.165) is 11.6 Å². The molecule has 0 unspecified atom stereocenters. The molecule has 0 aromatic heterocycles. The maximum atomic E-state index is 13.2. The van der Waals surface area contributed by atoms with Crippen molar-refractivity contribution in [1.82, 2.24) is 5.32 Å². The van der Waals surface area contributed by atoms with Crippen LogP contribution < -0.4 is 10.2 Å². The molecule has 0 atom stereocenters. The van der Waals surface area contributed by atoms with Crippen LogP contribution in [0.15, 0.2) is 30.4 Å². The zero-order valence-electron chi connectivity index (χ0n) is 12.5. The van der Waals surface area contributed by atoms with Gasteiger partial charge < -0.3 is 10.2 Å². The standard InChI is InChI=1S/C16H19FN2O2/c1-10(8-18-16(2,3)4)9-19-13-6-5-11(17)7-12(13)14(20)15(19)21/h5-7,18H,1,8-9H2,2-4H3. The minimum Gasteiger partial charge on any atom is -0.308 e. The molecule has 0 radical (unpaired) electrons. The van der Waals surface area contributed by atoms with Gasteiger partial charge in [-0.15, -0.1) is 0 Å². The van der Waals surface area contributed by atoms with E-state index in [0.29, 0.717) is 12.2 Å². The van der Waals surface area contributed by atoms with Gasteiger partial charge in [-0.2, -0.15) is 0 Å². The number of benzene rings is 1. The molecule has 5 heteroatoms. The van der Waals surface area contributed by atoms with Crippen LogP contribution in [0.1, 0.15) is 31.1 Å². The number of anilines is 1. The molecule has 2 rings (SSSR count). The summed E-state index contributed by atoms with van der Waals surface area (Å²) in [6.45, 7) is 10.8. The van der Waals surface area contributed by atoms with Gasteiger partial charge in [-0.1, -0.05) is 6.58 Å². The molecule has 1 aromatic rings. The van der Waals surface area contributed by atoms with Crippen LogP contribution in [0, 0.1) is 5.82 Å². The second-order valence-electron chi connectivity index (χ2n) is 6.24. The van der Waals surface area contributed by atoms with E-state index < -0.39 is 17.5 Å². The molecule has 21 heavy (non-hydrogen) atoms. The third-order valence-electron chi connectivity index (χ3n) is 3.18. The third kappa shape index (κ3) is 3.36. The lowest BCUT2D eigenvalue weighted by Crippen LogP contribution is -2.39. The number of nitrogens with one attached hydrogen (secondary N) is 1. The highest BCUT2D eigenvalue weighted by Gasteiger charge is 2.36. The number of hydrogen-bond acceptors (Lipinski definition) is 3. The highest BCUT2D eigenvalue weighted by atomic mass is 19.1. The molecule has 0 fully saturated rings. The van der Waals surface area contributed by atoms with Crippen molar-refractivity contribution in [3.05, 3.63) is 41.7 Å². The first-order valence-corrected chi connectivity index (χ1v) is 6.76. The molecule has 1 amide bonds. The van der Waals surface area contributed by atoms with Crippen LogP contribution >= 0.6 is 0 Å². The van der Waals surface area contributed by atoms with Gasteiger partial charge in [-0.05, 0) is 44.5 Å². The fourth-order valence-corrected chi connectivity index (χ4v) is 2.10. The minimum atomic E-state index is -0.666. The Balaban J connectivity index is 2.13. The molecule has 0 spiro atoms. The molecule has 1 N–H and O–H groups in total. The SMILES string of the molecule is C=C(CNC(C)(C)C)CN1C(=O)C(=O)c2cc(F)ccc21. The molecule has 1 aliphatic heterocycles. The molecule has 0 saturated carbocycles. The molecule has 112 valence electrons. The van der Waals surface area contributed by atoms with Gasteiger partial charge in [0.05, 0.1) is 11.3 Å². The summed E-state index contributed by atoms with van der Waals surface area (Å²) in [6, 6.07) is 3.80. The number of amides is 1. The van der Waals surface area contributed by atoms with Gasteiger partial charge in [0.2, 0.25) is 0 Å². The molecule has 4 nitrogen and oxygen atoms in total. The van der Waals surface area contributed by atoms with Crippen LogP contribution in [0.3, 0.4) is 0 Å². The first kappa shape index (κ1) is 15.4. The molecular weight excluding hydrogens is 271 g/mol. The first-order chi connectivity index (χ1) is 9.69. The van der Waals surface area contributed by atoms with Crippen molar-refractivity contribution in [1.29, 1.82) is 0 Å². The Morgan fingerprint density at radius 2 is 2.00 bits per heavy atom. The summed E-state index contributed by atoms with van der Waals surface area (Å²) < 4.78 is 13.2. The number of carbonyl (C=O) groups is 2. The lowest BCUT2D eigenvalue weighted by molar-refractivity contribution is -0.114. The van der Waals surface area contributed by atoms with E-state index in [1.54, 1.807) is 0 Å². The summed E-state index contributed by atoms with van der Waals surface area (Å²) in [5, 5.41) is 3.27. The van der Waals surface area contributed by atoms with Gasteiger partial charge in [-0.25, -0.2) is 4.39 Å². The summed E-state index contributed by atoms with van der Waals surface area (Å²) in [6.07, 6.45) is 0. The number of fused-ring (bicyclic) bond motifs is 1. The van der Waals surface area contributed by atoms with Crippen LogP contribution in [0.25, 0.3) is 0 Å². The van der Waals surface area contributed by atoms with E-state index in [2.05, 4.69) is 11.9 Å². The normalized spacial score (nSPS) is 14.6. The fourth-order valence-electron chi connectivity index (χ4n) is 2.10. The van der Waals surface area contributed by atoms with E-state index in [-0.39, 0.29) is 17.6 Å². The molecule has 1 heterocycles. The van der Waals surface area contributed by atoms with Gasteiger partial charge >= 0.3 is 0 Å². The number of rotatable bonds is 4. The van der Waals surface area contributed by atoms with E-state index in [1.165, 1.54) is 17.0 Å². The molecule has 1 aromatic carbocycles. The van der Waals surface area contributed by atoms with E-state index >= 15 is 0 Å².